The van der Waals surface area contributed by atoms with Crippen molar-refractivity contribution in [2.24, 2.45) is 0 Å². The van der Waals surface area contributed by atoms with Crippen LogP contribution in [0.15, 0.2) is 18.2 Å². The molecule has 0 fully saturated rings. The monoisotopic (exact) mass is 238 g/mol. The van der Waals surface area contributed by atoms with Crippen LogP contribution in [0.1, 0.15) is 37.0 Å². The van der Waals surface area contributed by atoms with Gasteiger partial charge in [0.25, 0.3) is 0 Å². The van der Waals surface area contributed by atoms with Crippen molar-refractivity contribution < 1.29 is 14.6 Å². The Morgan fingerprint density at radius 3 is 2.47 bits per heavy atom. The van der Waals surface area contributed by atoms with Crippen LogP contribution in [0.3, 0.4) is 0 Å². The normalized spacial score (nSPS) is 14.4. The molecule has 2 atom stereocenters. The van der Waals surface area contributed by atoms with E-state index in [9.17, 15) is 5.11 Å². The van der Waals surface area contributed by atoms with E-state index in [1.54, 1.807) is 14.2 Å². The molecule has 1 aromatic rings. The molecule has 3 nitrogen and oxygen atoms in total. The minimum atomic E-state index is -0.578. The molecule has 96 valence electrons. The summed E-state index contributed by atoms with van der Waals surface area (Å²) in [4.78, 5) is 0. The Bertz CT molecular complexity index is 349. The first-order valence-corrected chi connectivity index (χ1v) is 5.99. The highest BCUT2D eigenvalue weighted by molar-refractivity contribution is 5.36. The number of aliphatic hydroxyl groups excluding tert-OH is 1. The quantitative estimate of drug-likeness (QED) is 0.828. The second kappa shape index (κ2) is 6.62. The average Bonchev–Trinajstić information content (AvgIpc) is 2.35. The summed E-state index contributed by atoms with van der Waals surface area (Å²) in [6.07, 6.45) is 1.12. The molecule has 0 saturated heterocycles. The van der Waals surface area contributed by atoms with Crippen molar-refractivity contribution >= 4 is 0 Å². The molecule has 0 radical (unpaired) electrons. The predicted octanol–water partition coefficient (Wildman–Crippen LogP) is 2.85. The largest absolute Gasteiger partial charge is 0.497 e. The lowest BCUT2D eigenvalue weighted by Crippen LogP contribution is -2.21. The molecule has 2 unspecified atom stereocenters. The van der Waals surface area contributed by atoms with Crippen LogP contribution in [0, 0.1) is 6.92 Å². The zero-order valence-electron chi connectivity index (χ0n) is 11.1. The van der Waals surface area contributed by atoms with Crippen molar-refractivity contribution in [2.45, 2.75) is 38.9 Å². The first-order chi connectivity index (χ1) is 8.13. The first-order valence-electron chi connectivity index (χ1n) is 5.99. The lowest BCUT2D eigenvalue weighted by molar-refractivity contribution is -0.0182. The van der Waals surface area contributed by atoms with Gasteiger partial charge in [0, 0.05) is 7.11 Å². The second-order valence-corrected chi connectivity index (χ2v) is 4.23. The van der Waals surface area contributed by atoms with E-state index in [4.69, 9.17) is 9.47 Å². The van der Waals surface area contributed by atoms with Crippen molar-refractivity contribution in [1.29, 1.82) is 0 Å². The molecule has 1 N–H and O–H groups in total. The molecule has 0 bridgehead atoms. The van der Waals surface area contributed by atoms with Crippen LogP contribution in [0.5, 0.6) is 5.75 Å². The topological polar surface area (TPSA) is 38.7 Å². The fraction of sp³-hybridized carbons (Fsp3) is 0.571. The summed E-state index contributed by atoms with van der Waals surface area (Å²) in [5, 5.41) is 10.3. The highest BCUT2D eigenvalue weighted by Gasteiger charge is 2.21. The molecule has 0 saturated carbocycles. The molecule has 3 heteroatoms. The summed E-state index contributed by atoms with van der Waals surface area (Å²) in [6.45, 7) is 4.05. The Kier molecular flexibility index (Phi) is 5.45. The third-order valence-electron chi connectivity index (χ3n) is 3.02. The Morgan fingerprint density at radius 2 is 2.00 bits per heavy atom. The van der Waals surface area contributed by atoms with Crippen LogP contribution in [0.25, 0.3) is 0 Å². The van der Waals surface area contributed by atoms with E-state index in [0.29, 0.717) is 0 Å². The number of hydrogen-bond donors (Lipinski definition) is 1. The number of aryl methyl sites for hydroxylation is 1. The summed E-state index contributed by atoms with van der Waals surface area (Å²) in [7, 11) is 3.28. The van der Waals surface area contributed by atoms with Gasteiger partial charge in [0.05, 0.1) is 13.2 Å². The first kappa shape index (κ1) is 14.0. The minimum absolute atomic E-state index is 0.146. The molecule has 0 aromatic heterocycles. The van der Waals surface area contributed by atoms with Crippen LogP contribution < -0.4 is 4.74 Å². The average molecular weight is 238 g/mol. The van der Waals surface area contributed by atoms with E-state index in [-0.39, 0.29) is 6.10 Å². The molecule has 0 amide bonds. The summed E-state index contributed by atoms with van der Waals surface area (Å²) in [6, 6.07) is 5.70. The highest BCUT2D eigenvalue weighted by Crippen LogP contribution is 2.27. The van der Waals surface area contributed by atoms with E-state index in [2.05, 4.69) is 6.92 Å². The lowest BCUT2D eigenvalue weighted by atomic mass is 9.97. The van der Waals surface area contributed by atoms with E-state index >= 15 is 0 Å². The van der Waals surface area contributed by atoms with Gasteiger partial charge in [-0.05, 0) is 36.6 Å². The fourth-order valence-corrected chi connectivity index (χ4v) is 2.00. The zero-order valence-corrected chi connectivity index (χ0v) is 11.1. The standard InChI is InChI=1S/C14H22O3/c1-5-6-13(17-4)14(15)12-8-7-11(16-3)9-10(12)2/h7-9,13-15H,5-6H2,1-4H3. The van der Waals surface area contributed by atoms with Gasteiger partial charge in [0.2, 0.25) is 0 Å². The fourth-order valence-electron chi connectivity index (χ4n) is 2.00. The van der Waals surface area contributed by atoms with Crippen molar-refractivity contribution in [3.8, 4) is 5.75 Å². The van der Waals surface area contributed by atoms with E-state index in [1.807, 2.05) is 25.1 Å². The summed E-state index contributed by atoms with van der Waals surface area (Å²) < 4.78 is 10.5. The third-order valence-corrected chi connectivity index (χ3v) is 3.02. The van der Waals surface area contributed by atoms with Gasteiger partial charge in [-0.15, -0.1) is 0 Å². The molecular weight excluding hydrogens is 216 g/mol. The van der Waals surface area contributed by atoms with Gasteiger partial charge >= 0.3 is 0 Å². The second-order valence-electron chi connectivity index (χ2n) is 4.23. The maximum atomic E-state index is 10.3. The van der Waals surface area contributed by atoms with Gasteiger partial charge < -0.3 is 14.6 Å². The van der Waals surface area contributed by atoms with Crippen molar-refractivity contribution in [3.63, 3.8) is 0 Å². The summed E-state index contributed by atoms with van der Waals surface area (Å²) >= 11 is 0. The van der Waals surface area contributed by atoms with Crippen molar-refractivity contribution in [2.75, 3.05) is 14.2 Å². The summed E-state index contributed by atoms with van der Waals surface area (Å²) in [5.41, 5.74) is 1.93. The van der Waals surface area contributed by atoms with Gasteiger partial charge in [-0.2, -0.15) is 0 Å². The van der Waals surface area contributed by atoms with Gasteiger partial charge in [-0.1, -0.05) is 19.4 Å². The minimum Gasteiger partial charge on any atom is -0.497 e. The van der Waals surface area contributed by atoms with Crippen LogP contribution in [0.4, 0.5) is 0 Å². The molecule has 1 rings (SSSR count). The highest BCUT2D eigenvalue weighted by atomic mass is 16.5. The van der Waals surface area contributed by atoms with Crippen LogP contribution in [-0.2, 0) is 4.74 Å². The van der Waals surface area contributed by atoms with E-state index in [1.165, 1.54) is 0 Å². The third kappa shape index (κ3) is 3.45. The number of aliphatic hydroxyl groups is 1. The smallest absolute Gasteiger partial charge is 0.119 e. The van der Waals surface area contributed by atoms with Crippen LogP contribution in [0.2, 0.25) is 0 Å². The molecule has 0 aliphatic carbocycles. The van der Waals surface area contributed by atoms with Crippen molar-refractivity contribution in [1.82, 2.24) is 0 Å². The van der Waals surface area contributed by atoms with E-state index < -0.39 is 6.10 Å². The Labute approximate surface area is 103 Å². The maximum Gasteiger partial charge on any atom is 0.119 e. The molecule has 0 aliphatic rings. The Morgan fingerprint density at radius 1 is 1.29 bits per heavy atom. The van der Waals surface area contributed by atoms with Crippen LogP contribution >= 0.6 is 0 Å². The van der Waals surface area contributed by atoms with Gasteiger partial charge in [0.1, 0.15) is 11.9 Å². The number of rotatable bonds is 6. The predicted molar refractivity (Wildman–Crippen MR) is 68.4 cm³/mol. The molecule has 1 aromatic carbocycles. The van der Waals surface area contributed by atoms with Gasteiger partial charge in [-0.3, -0.25) is 0 Å². The van der Waals surface area contributed by atoms with E-state index in [0.717, 1.165) is 29.7 Å². The number of methoxy groups -OCH3 is 2. The molecular formula is C14H22O3. The number of benzene rings is 1. The molecule has 0 aliphatic heterocycles. The SMILES string of the molecule is CCCC(OC)C(O)c1ccc(OC)cc1C. The summed E-state index contributed by atoms with van der Waals surface area (Å²) in [5.74, 6) is 0.808. The maximum absolute atomic E-state index is 10.3. The van der Waals surface area contributed by atoms with Crippen LogP contribution in [-0.4, -0.2) is 25.4 Å². The lowest BCUT2D eigenvalue weighted by Gasteiger charge is -2.23. The number of hydrogen-bond acceptors (Lipinski definition) is 3. The number of ether oxygens (including phenoxy) is 2. The Hall–Kier alpha value is -1.06. The molecule has 0 heterocycles. The molecule has 17 heavy (non-hydrogen) atoms. The van der Waals surface area contributed by atoms with Crippen molar-refractivity contribution in [3.05, 3.63) is 29.3 Å². The van der Waals surface area contributed by atoms with Gasteiger partial charge in [0.15, 0.2) is 0 Å². The zero-order chi connectivity index (χ0) is 12.8. The molecule has 0 spiro atoms. The Balaban J connectivity index is 2.90. The van der Waals surface area contributed by atoms with Gasteiger partial charge in [-0.25, -0.2) is 0 Å².